The Labute approximate surface area is 190 Å². The quantitative estimate of drug-likeness (QED) is 0.184. The Morgan fingerprint density at radius 1 is 1.09 bits per heavy atom. The topological polar surface area (TPSA) is 93.5 Å². The number of allylic oxidation sites excluding steroid dienone is 1. The van der Waals surface area contributed by atoms with E-state index in [1.54, 1.807) is 6.08 Å². The van der Waals surface area contributed by atoms with Gasteiger partial charge in [0.15, 0.2) is 5.79 Å². The predicted molar refractivity (Wildman–Crippen MR) is 119 cm³/mol. The van der Waals surface area contributed by atoms with Crippen molar-refractivity contribution in [1.82, 2.24) is 0 Å². The summed E-state index contributed by atoms with van der Waals surface area (Å²) in [5.74, 6) is 0.962. The minimum atomic E-state index is -0.603. The Hall–Kier alpha value is -1.56. The molecule has 0 bridgehead atoms. The maximum absolute atomic E-state index is 12.1. The van der Waals surface area contributed by atoms with Crippen molar-refractivity contribution in [3.8, 4) is 0 Å². The summed E-state index contributed by atoms with van der Waals surface area (Å²) in [6.45, 7) is 8.89. The lowest BCUT2D eigenvalue weighted by Crippen LogP contribution is -2.63. The van der Waals surface area contributed by atoms with Gasteiger partial charge in [-0.2, -0.15) is 0 Å². The van der Waals surface area contributed by atoms with Crippen LogP contribution in [0, 0.1) is 34.5 Å². The molecule has 5 rings (SSSR count). The van der Waals surface area contributed by atoms with Gasteiger partial charge in [0, 0.05) is 17.0 Å². The molecule has 5 aliphatic rings. The molecule has 4 saturated carbocycles. The van der Waals surface area contributed by atoms with Gasteiger partial charge in [-0.15, -0.1) is 0 Å². The van der Waals surface area contributed by atoms with E-state index >= 15 is 0 Å². The van der Waals surface area contributed by atoms with E-state index in [4.69, 9.17) is 19.7 Å². The average molecular weight is 444 g/mol. The molecule has 0 radical (unpaired) electrons. The van der Waals surface area contributed by atoms with Crippen LogP contribution in [0.15, 0.2) is 16.8 Å². The number of methoxy groups -OCH3 is 1. The van der Waals surface area contributed by atoms with Gasteiger partial charge in [-0.1, -0.05) is 24.5 Å². The molecule has 1 saturated heterocycles. The zero-order valence-corrected chi connectivity index (χ0v) is 20.0. The molecule has 9 atom stereocenters. The summed E-state index contributed by atoms with van der Waals surface area (Å²) in [6.07, 6.45) is 9.06. The van der Waals surface area contributed by atoms with Gasteiger partial charge < -0.3 is 14.2 Å². The van der Waals surface area contributed by atoms with Gasteiger partial charge in [-0.25, -0.2) is 4.79 Å². The molecule has 7 nitrogen and oxygen atoms in total. The van der Waals surface area contributed by atoms with Crippen LogP contribution in [0.3, 0.4) is 0 Å². The third-order valence-corrected chi connectivity index (χ3v) is 10.1. The van der Waals surface area contributed by atoms with E-state index < -0.39 is 5.79 Å². The molecule has 1 aliphatic heterocycles. The predicted octanol–water partition coefficient (Wildman–Crippen LogP) is 5.55. The maximum Gasteiger partial charge on any atom is 0.330 e. The molecule has 0 aromatic rings. The molecule has 176 valence electrons. The SMILES string of the molecule is COC(=O)C=C1CCC2C3C(CC[C@]12C)[C@@]1(C)CC[C@@H](N=[N+]=[N-])CC1[C@H]1OC(C)(C)O[C@H]31. The maximum atomic E-state index is 12.1. The highest BCUT2D eigenvalue weighted by molar-refractivity contribution is 5.83. The molecule has 0 aromatic carbocycles. The lowest BCUT2D eigenvalue weighted by atomic mass is 9.43. The summed E-state index contributed by atoms with van der Waals surface area (Å²) in [6, 6.07) is 0.0533. The van der Waals surface area contributed by atoms with Crippen LogP contribution in [0.25, 0.3) is 10.4 Å². The first-order valence-electron chi connectivity index (χ1n) is 12.3. The highest BCUT2D eigenvalue weighted by Gasteiger charge is 2.67. The smallest absolute Gasteiger partial charge is 0.330 e. The van der Waals surface area contributed by atoms with Crippen molar-refractivity contribution in [1.29, 1.82) is 0 Å². The first-order valence-corrected chi connectivity index (χ1v) is 12.3. The first-order chi connectivity index (χ1) is 15.1. The van der Waals surface area contributed by atoms with E-state index in [9.17, 15) is 4.79 Å². The summed E-state index contributed by atoms with van der Waals surface area (Å²) in [7, 11) is 1.45. The zero-order valence-electron chi connectivity index (χ0n) is 20.0. The normalized spacial score (nSPS) is 49.9. The molecule has 32 heavy (non-hydrogen) atoms. The molecule has 4 unspecified atom stereocenters. The van der Waals surface area contributed by atoms with Crippen LogP contribution >= 0.6 is 0 Å². The summed E-state index contributed by atoms with van der Waals surface area (Å²) in [5, 5.41) is 4.10. The molecule has 4 aliphatic carbocycles. The van der Waals surface area contributed by atoms with Crippen LogP contribution in [0.5, 0.6) is 0 Å². The molecule has 0 aromatic heterocycles. The van der Waals surface area contributed by atoms with Crippen molar-refractivity contribution in [2.75, 3.05) is 7.11 Å². The van der Waals surface area contributed by atoms with Crippen LogP contribution in [0.2, 0.25) is 0 Å². The Morgan fingerprint density at radius 3 is 2.56 bits per heavy atom. The number of hydrogen-bond acceptors (Lipinski definition) is 5. The van der Waals surface area contributed by atoms with Crippen LogP contribution in [0.1, 0.15) is 72.6 Å². The highest BCUT2D eigenvalue weighted by atomic mass is 16.8. The van der Waals surface area contributed by atoms with Crippen molar-refractivity contribution in [2.45, 2.75) is 96.7 Å². The van der Waals surface area contributed by atoms with Gasteiger partial charge in [-0.05, 0) is 98.8 Å². The van der Waals surface area contributed by atoms with Crippen molar-refractivity contribution in [2.24, 2.45) is 39.6 Å². The molecule has 0 spiro atoms. The molecule has 0 N–H and O–H groups in total. The molecule has 5 fully saturated rings. The second kappa shape index (κ2) is 7.48. The Kier molecular flexibility index (Phi) is 5.20. The summed E-state index contributed by atoms with van der Waals surface area (Å²) in [4.78, 5) is 15.2. The van der Waals surface area contributed by atoms with Gasteiger partial charge in [0.2, 0.25) is 0 Å². The van der Waals surface area contributed by atoms with E-state index in [0.29, 0.717) is 23.7 Å². The summed E-state index contributed by atoms with van der Waals surface area (Å²) >= 11 is 0. The third kappa shape index (κ3) is 3.15. The second-order valence-corrected chi connectivity index (χ2v) is 11.8. The number of rotatable bonds is 2. The number of fused-ring (bicyclic) bond motifs is 8. The Balaban J connectivity index is 1.54. The molecular weight excluding hydrogens is 406 g/mol. The van der Waals surface area contributed by atoms with Crippen molar-refractivity contribution < 1.29 is 19.0 Å². The minimum Gasteiger partial charge on any atom is -0.466 e. The number of ether oxygens (including phenoxy) is 3. The average Bonchev–Trinajstić information content (AvgIpc) is 3.24. The van der Waals surface area contributed by atoms with E-state index in [2.05, 4.69) is 23.9 Å². The monoisotopic (exact) mass is 443 g/mol. The number of azide groups is 1. The molecule has 1 heterocycles. The van der Waals surface area contributed by atoms with Gasteiger partial charge >= 0.3 is 5.97 Å². The van der Waals surface area contributed by atoms with E-state index in [1.165, 1.54) is 12.7 Å². The van der Waals surface area contributed by atoms with Crippen LogP contribution < -0.4 is 0 Å². The first kappa shape index (κ1) is 22.2. The van der Waals surface area contributed by atoms with Gasteiger partial charge in [0.25, 0.3) is 0 Å². The lowest BCUT2D eigenvalue weighted by Gasteiger charge is -2.63. The Morgan fingerprint density at radius 2 is 1.84 bits per heavy atom. The van der Waals surface area contributed by atoms with Crippen LogP contribution in [0.4, 0.5) is 0 Å². The lowest BCUT2D eigenvalue weighted by molar-refractivity contribution is -0.173. The highest BCUT2D eigenvalue weighted by Crippen LogP contribution is 2.69. The molecule has 7 heteroatoms. The zero-order chi connectivity index (χ0) is 22.9. The van der Waals surface area contributed by atoms with Crippen LogP contribution in [-0.4, -0.2) is 37.1 Å². The second-order valence-electron chi connectivity index (χ2n) is 11.8. The fraction of sp³-hybridized carbons (Fsp3) is 0.880. The van der Waals surface area contributed by atoms with Crippen molar-refractivity contribution >= 4 is 5.97 Å². The Bertz CT molecular complexity index is 880. The number of carbonyl (C=O) groups is 1. The van der Waals surface area contributed by atoms with Gasteiger partial charge in [0.1, 0.15) is 0 Å². The van der Waals surface area contributed by atoms with Crippen LogP contribution in [-0.2, 0) is 19.0 Å². The minimum absolute atomic E-state index is 0.0154. The van der Waals surface area contributed by atoms with E-state index in [1.807, 2.05) is 13.8 Å². The number of hydrogen-bond donors (Lipinski definition) is 0. The summed E-state index contributed by atoms with van der Waals surface area (Å²) < 4.78 is 18.2. The third-order valence-electron chi connectivity index (χ3n) is 10.1. The number of carbonyl (C=O) groups excluding carboxylic acids is 1. The fourth-order valence-electron chi connectivity index (χ4n) is 8.63. The van der Waals surface area contributed by atoms with Crippen molar-refractivity contribution in [3.63, 3.8) is 0 Å². The van der Waals surface area contributed by atoms with Gasteiger partial charge in [0.05, 0.1) is 19.3 Å². The molecule has 0 amide bonds. The standard InChI is InChI=1S/C25H37N3O4/c1-23(2)31-21-18-13-15(27-28-26)8-10-25(18,4)17-9-11-24(3)14(12-19(29)30-5)6-7-16(24)20(17)22(21)32-23/h12,15-18,20-22H,6-11,13H2,1-5H3/t15-,16?,17?,18?,20?,21-,22-,24-,25-/m1/s1. The number of nitrogens with zero attached hydrogens (tertiary/aromatic N) is 3. The van der Waals surface area contributed by atoms with Gasteiger partial charge in [-0.3, -0.25) is 0 Å². The largest absolute Gasteiger partial charge is 0.466 e. The van der Waals surface area contributed by atoms with E-state index in [-0.39, 0.29) is 35.0 Å². The number of esters is 1. The van der Waals surface area contributed by atoms with Crippen molar-refractivity contribution in [3.05, 3.63) is 22.1 Å². The fourth-order valence-corrected chi connectivity index (χ4v) is 8.63. The summed E-state index contributed by atoms with van der Waals surface area (Å²) in [5.41, 5.74) is 10.5. The van der Waals surface area contributed by atoms with E-state index in [0.717, 1.165) is 44.9 Å². The molecular formula is C25H37N3O4.